The number of carbonyl (C=O) groups is 1. The Labute approximate surface area is 132 Å². The van der Waals surface area contributed by atoms with Crippen LogP contribution in [0.4, 0.5) is 0 Å². The van der Waals surface area contributed by atoms with Crippen LogP contribution in [0.1, 0.15) is 38.2 Å². The van der Waals surface area contributed by atoms with E-state index >= 15 is 0 Å². The van der Waals surface area contributed by atoms with Crippen LogP contribution in [0.5, 0.6) is 0 Å². The Morgan fingerprint density at radius 3 is 2.57 bits per heavy atom. The molecule has 1 aromatic rings. The molecule has 2 N–H and O–H groups in total. The average molecular weight is 310 g/mol. The number of quaternary nitrogens is 1. The van der Waals surface area contributed by atoms with Crippen LogP contribution in [0.2, 0.25) is 5.02 Å². The first-order valence-electron chi connectivity index (χ1n) is 8.04. The van der Waals surface area contributed by atoms with Crippen molar-refractivity contribution in [1.82, 2.24) is 5.32 Å². The van der Waals surface area contributed by atoms with Crippen molar-refractivity contribution >= 4 is 17.5 Å². The van der Waals surface area contributed by atoms with Gasteiger partial charge in [0.15, 0.2) is 0 Å². The molecule has 1 saturated heterocycles. The van der Waals surface area contributed by atoms with Gasteiger partial charge in [0.2, 0.25) is 5.91 Å². The maximum absolute atomic E-state index is 12.0. The molecule has 1 heterocycles. The highest BCUT2D eigenvalue weighted by atomic mass is 35.5. The molecule has 0 atom stereocenters. The van der Waals surface area contributed by atoms with Crippen LogP contribution in [-0.4, -0.2) is 25.5 Å². The van der Waals surface area contributed by atoms with Crippen molar-refractivity contribution in [3.8, 4) is 0 Å². The summed E-state index contributed by atoms with van der Waals surface area (Å²) < 4.78 is 0. The van der Waals surface area contributed by atoms with Gasteiger partial charge in [-0.3, -0.25) is 4.79 Å². The van der Waals surface area contributed by atoms with E-state index in [-0.39, 0.29) is 11.8 Å². The third-order valence-electron chi connectivity index (χ3n) is 4.26. The molecular formula is C17H26ClN2O+. The maximum Gasteiger partial charge on any atom is 0.223 e. The van der Waals surface area contributed by atoms with Gasteiger partial charge < -0.3 is 10.2 Å². The Morgan fingerprint density at radius 2 is 1.95 bits per heavy atom. The van der Waals surface area contributed by atoms with E-state index in [1.807, 2.05) is 12.1 Å². The van der Waals surface area contributed by atoms with E-state index in [1.165, 1.54) is 5.56 Å². The van der Waals surface area contributed by atoms with Crippen LogP contribution >= 0.6 is 11.6 Å². The number of piperidine rings is 1. The Balaban J connectivity index is 1.72. The van der Waals surface area contributed by atoms with Crippen LogP contribution in [0, 0.1) is 5.92 Å². The van der Waals surface area contributed by atoms with E-state index < -0.39 is 0 Å². The summed E-state index contributed by atoms with van der Waals surface area (Å²) in [5, 5.41) is 3.85. The number of halogens is 1. The fraction of sp³-hybridized carbons (Fsp3) is 0.588. The lowest BCUT2D eigenvalue weighted by Gasteiger charge is -2.28. The number of amides is 1. The molecule has 0 radical (unpaired) electrons. The highest BCUT2D eigenvalue weighted by Gasteiger charge is 2.27. The van der Waals surface area contributed by atoms with Crippen LogP contribution in [-0.2, 0) is 11.3 Å². The molecular weight excluding hydrogens is 284 g/mol. The highest BCUT2D eigenvalue weighted by molar-refractivity contribution is 6.30. The van der Waals surface area contributed by atoms with Crippen molar-refractivity contribution in [3.05, 3.63) is 34.9 Å². The van der Waals surface area contributed by atoms with Crippen LogP contribution in [0.3, 0.4) is 0 Å². The summed E-state index contributed by atoms with van der Waals surface area (Å²) in [5.41, 5.74) is 1.32. The predicted octanol–water partition coefficient (Wildman–Crippen LogP) is 2.05. The molecule has 1 fully saturated rings. The van der Waals surface area contributed by atoms with Gasteiger partial charge in [0.05, 0.1) is 13.1 Å². The van der Waals surface area contributed by atoms with E-state index in [4.69, 9.17) is 11.6 Å². The summed E-state index contributed by atoms with van der Waals surface area (Å²) in [7, 11) is 0. The number of nitrogens with one attached hydrogen (secondary N) is 2. The standard InChI is InChI=1S/C17H25ClN2O/c1-2-3-10-19-17(21)15-8-11-20(12-9-15)13-14-4-6-16(18)7-5-14/h4-7,15H,2-3,8-13H2,1H3,(H,19,21)/p+1. The molecule has 4 heteroatoms. The van der Waals surface area contributed by atoms with Crippen molar-refractivity contribution in [2.24, 2.45) is 5.92 Å². The largest absolute Gasteiger partial charge is 0.356 e. The number of likely N-dealkylation sites (tertiary alicyclic amines) is 1. The van der Waals surface area contributed by atoms with E-state index in [0.29, 0.717) is 0 Å². The maximum atomic E-state index is 12.0. The quantitative estimate of drug-likeness (QED) is 0.775. The number of hydrogen-bond acceptors (Lipinski definition) is 1. The zero-order valence-corrected chi connectivity index (χ0v) is 13.6. The Hall–Kier alpha value is -1.06. The first kappa shape index (κ1) is 16.3. The second kappa shape index (κ2) is 8.40. The Morgan fingerprint density at radius 1 is 1.29 bits per heavy atom. The second-order valence-corrected chi connectivity index (χ2v) is 6.41. The minimum Gasteiger partial charge on any atom is -0.356 e. The number of benzene rings is 1. The number of unbranched alkanes of at least 4 members (excludes halogenated alkanes) is 1. The van der Waals surface area contributed by atoms with Gasteiger partial charge in [-0.2, -0.15) is 0 Å². The van der Waals surface area contributed by atoms with E-state index in [2.05, 4.69) is 24.4 Å². The van der Waals surface area contributed by atoms with Gasteiger partial charge in [-0.15, -0.1) is 0 Å². The van der Waals surface area contributed by atoms with Crippen LogP contribution < -0.4 is 10.2 Å². The van der Waals surface area contributed by atoms with Crippen molar-refractivity contribution in [2.45, 2.75) is 39.2 Å². The number of carbonyl (C=O) groups excluding carboxylic acids is 1. The van der Waals surface area contributed by atoms with Gasteiger partial charge in [-0.05, 0) is 18.6 Å². The van der Waals surface area contributed by atoms with Gasteiger partial charge in [-0.25, -0.2) is 0 Å². The molecule has 1 aliphatic rings. The summed E-state index contributed by atoms with van der Waals surface area (Å²) in [6, 6.07) is 8.09. The molecule has 0 saturated carbocycles. The summed E-state index contributed by atoms with van der Waals surface area (Å²) in [6.07, 6.45) is 4.21. The highest BCUT2D eigenvalue weighted by Crippen LogP contribution is 2.11. The van der Waals surface area contributed by atoms with Crippen LogP contribution in [0.15, 0.2) is 24.3 Å². The van der Waals surface area contributed by atoms with Crippen LogP contribution in [0.25, 0.3) is 0 Å². The molecule has 1 amide bonds. The van der Waals surface area contributed by atoms with Crippen molar-refractivity contribution in [3.63, 3.8) is 0 Å². The smallest absolute Gasteiger partial charge is 0.223 e. The molecule has 0 aromatic heterocycles. The summed E-state index contributed by atoms with van der Waals surface area (Å²) in [4.78, 5) is 13.6. The van der Waals surface area contributed by atoms with Crippen molar-refractivity contribution in [2.75, 3.05) is 19.6 Å². The molecule has 0 unspecified atom stereocenters. The normalized spacial score (nSPS) is 22.0. The monoisotopic (exact) mass is 309 g/mol. The predicted molar refractivity (Wildman–Crippen MR) is 86.5 cm³/mol. The summed E-state index contributed by atoms with van der Waals surface area (Å²) in [5.74, 6) is 0.477. The molecule has 1 aromatic carbocycles. The molecule has 21 heavy (non-hydrogen) atoms. The first-order valence-corrected chi connectivity index (χ1v) is 8.42. The summed E-state index contributed by atoms with van der Waals surface area (Å²) in [6.45, 7) is 6.16. The Kier molecular flexibility index (Phi) is 6.52. The average Bonchev–Trinajstić information content (AvgIpc) is 2.50. The van der Waals surface area contributed by atoms with Gasteiger partial charge in [0, 0.05) is 35.9 Å². The number of rotatable bonds is 6. The van der Waals surface area contributed by atoms with Gasteiger partial charge in [0.25, 0.3) is 0 Å². The molecule has 0 spiro atoms. The SMILES string of the molecule is CCCCNC(=O)C1CC[NH+](Cc2ccc(Cl)cc2)CC1. The van der Waals surface area contributed by atoms with E-state index in [9.17, 15) is 4.79 Å². The minimum absolute atomic E-state index is 0.218. The lowest BCUT2D eigenvalue weighted by Crippen LogP contribution is -3.11. The first-order chi connectivity index (χ1) is 10.2. The minimum atomic E-state index is 0.218. The molecule has 0 bridgehead atoms. The lowest BCUT2D eigenvalue weighted by molar-refractivity contribution is -0.919. The number of hydrogen-bond donors (Lipinski definition) is 2. The van der Waals surface area contributed by atoms with E-state index in [1.54, 1.807) is 4.90 Å². The molecule has 0 aliphatic carbocycles. The van der Waals surface area contributed by atoms with Crippen molar-refractivity contribution < 1.29 is 9.69 Å². The third kappa shape index (κ3) is 5.33. The second-order valence-electron chi connectivity index (χ2n) is 5.97. The van der Waals surface area contributed by atoms with Gasteiger partial charge >= 0.3 is 0 Å². The molecule has 3 nitrogen and oxygen atoms in total. The summed E-state index contributed by atoms with van der Waals surface area (Å²) >= 11 is 5.91. The zero-order valence-electron chi connectivity index (χ0n) is 12.8. The third-order valence-corrected chi connectivity index (χ3v) is 4.51. The lowest BCUT2D eigenvalue weighted by atomic mass is 9.95. The Bertz CT molecular complexity index is 439. The molecule has 2 rings (SSSR count). The fourth-order valence-electron chi connectivity index (χ4n) is 2.89. The van der Waals surface area contributed by atoms with E-state index in [0.717, 1.165) is 56.9 Å². The molecule has 116 valence electrons. The topological polar surface area (TPSA) is 33.5 Å². The fourth-order valence-corrected chi connectivity index (χ4v) is 3.01. The zero-order chi connectivity index (χ0) is 15.1. The van der Waals surface area contributed by atoms with Gasteiger partial charge in [-0.1, -0.05) is 37.1 Å². The van der Waals surface area contributed by atoms with Gasteiger partial charge in [0.1, 0.15) is 6.54 Å². The molecule has 1 aliphatic heterocycles. The van der Waals surface area contributed by atoms with Crippen molar-refractivity contribution in [1.29, 1.82) is 0 Å².